The van der Waals surface area contributed by atoms with Crippen LogP contribution in [0, 0.1) is 0 Å². The van der Waals surface area contributed by atoms with Crippen molar-refractivity contribution in [3.05, 3.63) is 120 Å². The van der Waals surface area contributed by atoms with Gasteiger partial charge in [-0.05, 0) is 40.8 Å². The van der Waals surface area contributed by atoms with Crippen molar-refractivity contribution < 1.29 is 9.53 Å². The quantitative estimate of drug-likeness (QED) is 0.338. The van der Waals surface area contributed by atoms with Gasteiger partial charge in [0.25, 0.3) is 0 Å². The number of carbonyl (C=O) groups is 1. The Kier molecular flexibility index (Phi) is 6.86. The van der Waals surface area contributed by atoms with Gasteiger partial charge in [-0.2, -0.15) is 0 Å². The molecule has 0 radical (unpaired) electrons. The normalized spacial score (nSPS) is 10.6. The van der Waals surface area contributed by atoms with Crippen molar-refractivity contribution >= 4 is 5.78 Å². The van der Waals surface area contributed by atoms with Crippen LogP contribution in [0.2, 0.25) is 0 Å². The van der Waals surface area contributed by atoms with Crippen molar-refractivity contribution in [3.63, 3.8) is 0 Å². The Morgan fingerprint density at radius 2 is 1.48 bits per heavy atom. The van der Waals surface area contributed by atoms with E-state index in [1.165, 1.54) is 0 Å². The lowest BCUT2D eigenvalue weighted by Crippen LogP contribution is -2.05. The predicted octanol–water partition coefficient (Wildman–Crippen LogP) is 6.07. The number of rotatable bonds is 9. The predicted molar refractivity (Wildman–Crippen MR) is 124 cm³/mol. The van der Waals surface area contributed by atoms with Gasteiger partial charge in [-0.3, -0.25) is 9.78 Å². The van der Waals surface area contributed by atoms with Gasteiger partial charge in [-0.15, -0.1) is 0 Å². The molecule has 4 rings (SSSR count). The average Bonchev–Trinajstić information content (AvgIpc) is 2.84. The third-order valence-electron chi connectivity index (χ3n) is 5.21. The lowest BCUT2D eigenvalue weighted by molar-refractivity contribution is -0.118. The maximum Gasteiger partial charge on any atom is 0.137 e. The molecular weight excluding hydrogens is 382 g/mol. The van der Waals surface area contributed by atoms with E-state index in [0.717, 1.165) is 40.0 Å². The number of hydrogen-bond donors (Lipinski definition) is 0. The van der Waals surface area contributed by atoms with Gasteiger partial charge in [0.1, 0.15) is 18.1 Å². The molecule has 0 atom stereocenters. The minimum absolute atomic E-state index is 0.240. The van der Waals surface area contributed by atoms with Crippen molar-refractivity contribution in [2.75, 3.05) is 0 Å². The molecule has 0 saturated carbocycles. The Morgan fingerprint density at radius 1 is 0.742 bits per heavy atom. The zero-order chi connectivity index (χ0) is 21.3. The third-order valence-corrected chi connectivity index (χ3v) is 5.21. The fourth-order valence-corrected chi connectivity index (χ4v) is 3.51. The van der Waals surface area contributed by atoms with E-state index in [2.05, 4.69) is 23.2 Å². The van der Waals surface area contributed by atoms with Gasteiger partial charge in [-0.25, -0.2) is 0 Å². The molecule has 3 heteroatoms. The van der Waals surface area contributed by atoms with E-state index < -0.39 is 0 Å². The summed E-state index contributed by atoms with van der Waals surface area (Å²) in [6.45, 7) is 0.485. The number of carbonyl (C=O) groups excluding carboxylic acids is 1. The average molecular weight is 408 g/mol. The highest BCUT2D eigenvalue weighted by Gasteiger charge is 2.07. The second kappa shape index (κ2) is 10.4. The summed E-state index contributed by atoms with van der Waals surface area (Å²) in [5, 5.41) is 0. The number of aryl methyl sites for hydroxylation is 1. The molecule has 154 valence electrons. The molecule has 0 fully saturated rings. The molecule has 1 aromatic heterocycles. The zero-order valence-corrected chi connectivity index (χ0v) is 17.4. The molecule has 0 amide bonds. The molecule has 0 N–H and O–H groups in total. The number of pyridine rings is 1. The van der Waals surface area contributed by atoms with E-state index in [0.29, 0.717) is 19.4 Å². The Morgan fingerprint density at radius 3 is 2.26 bits per heavy atom. The first-order valence-electron chi connectivity index (χ1n) is 10.5. The molecule has 0 spiro atoms. The summed E-state index contributed by atoms with van der Waals surface area (Å²) < 4.78 is 6.11. The minimum atomic E-state index is 0.240. The summed E-state index contributed by atoms with van der Waals surface area (Å²) in [7, 11) is 0. The molecular formula is C28H25NO2. The molecule has 0 bridgehead atoms. The van der Waals surface area contributed by atoms with Crippen LogP contribution in [-0.4, -0.2) is 10.8 Å². The first-order chi connectivity index (χ1) is 15.3. The van der Waals surface area contributed by atoms with Gasteiger partial charge in [0, 0.05) is 30.8 Å². The number of para-hydroxylation sites is 1. The monoisotopic (exact) mass is 407 g/mol. The molecule has 0 aliphatic carbocycles. The van der Waals surface area contributed by atoms with Gasteiger partial charge in [0.2, 0.25) is 0 Å². The summed E-state index contributed by atoms with van der Waals surface area (Å²) in [4.78, 5) is 16.4. The number of hydrogen-bond acceptors (Lipinski definition) is 3. The Balaban J connectivity index is 1.32. The summed E-state index contributed by atoms with van der Waals surface area (Å²) in [5.41, 5.74) is 5.43. The van der Waals surface area contributed by atoms with E-state index in [1.807, 2.05) is 79.0 Å². The summed E-state index contributed by atoms with van der Waals surface area (Å²) in [6.07, 6.45) is 5.29. The Bertz CT molecular complexity index is 1110. The number of aromatic nitrogens is 1. The van der Waals surface area contributed by atoms with Gasteiger partial charge >= 0.3 is 0 Å². The van der Waals surface area contributed by atoms with Crippen LogP contribution in [-0.2, 0) is 24.2 Å². The summed E-state index contributed by atoms with van der Waals surface area (Å²) >= 11 is 0. The van der Waals surface area contributed by atoms with Gasteiger partial charge in [0.05, 0.1) is 0 Å². The van der Waals surface area contributed by atoms with Crippen LogP contribution in [0.1, 0.15) is 23.1 Å². The number of ether oxygens (including phenoxy) is 1. The fourth-order valence-electron chi connectivity index (χ4n) is 3.51. The molecule has 4 aromatic rings. The molecule has 0 saturated heterocycles. The number of benzene rings is 3. The molecule has 3 aromatic carbocycles. The topological polar surface area (TPSA) is 39.2 Å². The molecule has 0 aliphatic heterocycles. The SMILES string of the molecule is O=C(CCc1cccnc1)Cc1ccc(COc2ccccc2-c2ccccc2)cc1. The molecule has 1 heterocycles. The smallest absolute Gasteiger partial charge is 0.137 e. The van der Waals surface area contributed by atoms with E-state index in [1.54, 1.807) is 6.20 Å². The lowest BCUT2D eigenvalue weighted by Gasteiger charge is -2.12. The van der Waals surface area contributed by atoms with Gasteiger partial charge in [0.15, 0.2) is 0 Å². The van der Waals surface area contributed by atoms with Crippen molar-refractivity contribution in [1.29, 1.82) is 0 Å². The van der Waals surface area contributed by atoms with E-state index >= 15 is 0 Å². The second-order valence-corrected chi connectivity index (χ2v) is 7.54. The van der Waals surface area contributed by atoms with Crippen molar-refractivity contribution in [2.24, 2.45) is 0 Å². The standard InChI is InChI=1S/C28H25NO2/c30-26(17-16-23-7-6-18-29-20-23)19-22-12-14-24(15-13-22)21-31-28-11-5-4-10-27(28)25-8-2-1-3-9-25/h1-15,18,20H,16-17,19,21H2. The molecule has 3 nitrogen and oxygen atoms in total. The van der Waals surface area contributed by atoms with Crippen molar-refractivity contribution in [2.45, 2.75) is 25.9 Å². The Hall–Kier alpha value is -3.72. The van der Waals surface area contributed by atoms with Crippen molar-refractivity contribution in [3.8, 4) is 16.9 Å². The van der Waals surface area contributed by atoms with Crippen LogP contribution in [0.3, 0.4) is 0 Å². The maximum atomic E-state index is 12.3. The van der Waals surface area contributed by atoms with Crippen LogP contribution >= 0.6 is 0 Å². The lowest BCUT2D eigenvalue weighted by atomic mass is 10.0. The third kappa shape index (κ3) is 5.89. The van der Waals surface area contributed by atoms with Crippen LogP contribution in [0.5, 0.6) is 5.75 Å². The van der Waals surface area contributed by atoms with Gasteiger partial charge < -0.3 is 4.74 Å². The highest BCUT2D eigenvalue weighted by atomic mass is 16.5. The van der Waals surface area contributed by atoms with Crippen LogP contribution in [0.4, 0.5) is 0 Å². The first kappa shape index (κ1) is 20.5. The van der Waals surface area contributed by atoms with Crippen LogP contribution < -0.4 is 4.74 Å². The maximum absolute atomic E-state index is 12.3. The number of Topliss-reactive ketones (excluding diaryl/α,β-unsaturated/α-hetero) is 1. The largest absolute Gasteiger partial charge is 0.488 e. The molecule has 0 aliphatic rings. The summed E-state index contributed by atoms with van der Waals surface area (Å²) in [6, 6.07) is 30.3. The number of ketones is 1. The van der Waals surface area contributed by atoms with E-state index in [-0.39, 0.29) is 5.78 Å². The second-order valence-electron chi connectivity index (χ2n) is 7.54. The van der Waals surface area contributed by atoms with Gasteiger partial charge in [-0.1, -0.05) is 78.9 Å². The summed E-state index contributed by atoms with van der Waals surface area (Å²) in [5.74, 6) is 1.10. The molecule has 0 unspecified atom stereocenters. The van der Waals surface area contributed by atoms with Crippen LogP contribution in [0.15, 0.2) is 103 Å². The van der Waals surface area contributed by atoms with E-state index in [9.17, 15) is 4.79 Å². The minimum Gasteiger partial charge on any atom is -0.488 e. The highest BCUT2D eigenvalue weighted by Crippen LogP contribution is 2.30. The zero-order valence-electron chi connectivity index (χ0n) is 17.4. The van der Waals surface area contributed by atoms with E-state index in [4.69, 9.17) is 4.74 Å². The molecule has 31 heavy (non-hydrogen) atoms. The van der Waals surface area contributed by atoms with Crippen LogP contribution in [0.25, 0.3) is 11.1 Å². The highest BCUT2D eigenvalue weighted by molar-refractivity contribution is 5.81. The number of nitrogens with zero attached hydrogens (tertiary/aromatic N) is 1. The fraction of sp³-hybridized carbons (Fsp3) is 0.143. The van der Waals surface area contributed by atoms with Crippen molar-refractivity contribution in [1.82, 2.24) is 4.98 Å². The first-order valence-corrected chi connectivity index (χ1v) is 10.5. The Labute approximate surface area is 183 Å².